The smallest absolute Gasteiger partial charge is 0.0454 e. The van der Waals surface area contributed by atoms with E-state index in [0.717, 1.165) is 6.42 Å². The fourth-order valence-electron chi connectivity index (χ4n) is 3.85. The number of aromatic nitrogens is 1. The summed E-state index contributed by atoms with van der Waals surface area (Å²) in [6.45, 7) is 8.63. The first-order valence-corrected chi connectivity index (χ1v) is 8.57. The highest BCUT2D eigenvalue weighted by atomic mass is 14.7. The number of benzene rings is 1. The number of unbranched alkanes of at least 4 members (excludes halogenated alkanes) is 2. The first-order chi connectivity index (χ1) is 10.7. The van der Waals surface area contributed by atoms with Crippen LogP contribution in [0.25, 0.3) is 10.9 Å². The summed E-state index contributed by atoms with van der Waals surface area (Å²) in [4.78, 5) is 3.30. The highest BCUT2D eigenvalue weighted by Gasteiger charge is 2.42. The van der Waals surface area contributed by atoms with Gasteiger partial charge in [-0.15, -0.1) is 6.58 Å². The zero-order chi connectivity index (χ0) is 15.6. The number of aromatic amines is 1. The predicted molar refractivity (Wildman–Crippen MR) is 96.2 cm³/mol. The van der Waals surface area contributed by atoms with E-state index in [1.54, 1.807) is 5.57 Å². The molecule has 1 saturated carbocycles. The Morgan fingerprint density at radius 1 is 1.36 bits per heavy atom. The van der Waals surface area contributed by atoms with E-state index in [1.165, 1.54) is 54.1 Å². The van der Waals surface area contributed by atoms with Gasteiger partial charge in [-0.3, -0.25) is 0 Å². The van der Waals surface area contributed by atoms with Gasteiger partial charge in [0.25, 0.3) is 0 Å². The quantitative estimate of drug-likeness (QED) is 0.476. The molecule has 1 fully saturated rings. The predicted octanol–water partition coefficient (Wildman–Crippen LogP) is 6.28. The number of allylic oxidation sites excluding steroid dienone is 3. The van der Waals surface area contributed by atoms with Crippen molar-refractivity contribution >= 4 is 10.9 Å². The summed E-state index contributed by atoms with van der Waals surface area (Å²) in [6.07, 6.45) is 11.9. The van der Waals surface area contributed by atoms with E-state index in [4.69, 9.17) is 0 Å². The molecule has 0 unspecified atom stereocenters. The summed E-state index contributed by atoms with van der Waals surface area (Å²) < 4.78 is 0. The Bertz CT molecular complexity index is 704. The van der Waals surface area contributed by atoms with Gasteiger partial charge in [-0.2, -0.15) is 0 Å². The van der Waals surface area contributed by atoms with Gasteiger partial charge in [-0.05, 0) is 61.8 Å². The Morgan fingerprint density at radius 3 is 2.91 bits per heavy atom. The number of H-pyrrole nitrogens is 1. The van der Waals surface area contributed by atoms with E-state index in [1.807, 2.05) is 6.20 Å². The van der Waals surface area contributed by atoms with Crippen LogP contribution in [0.4, 0.5) is 0 Å². The molecule has 0 aliphatic heterocycles. The van der Waals surface area contributed by atoms with Crippen molar-refractivity contribution in [2.45, 2.75) is 57.8 Å². The number of rotatable bonds is 6. The minimum absolute atomic E-state index is 0.213. The van der Waals surface area contributed by atoms with Crippen molar-refractivity contribution < 1.29 is 0 Å². The third kappa shape index (κ3) is 2.65. The summed E-state index contributed by atoms with van der Waals surface area (Å²) in [6, 6.07) is 9.09. The van der Waals surface area contributed by atoms with Crippen LogP contribution >= 0.6 is 0 Å². The average molecular weight is 293 g/mol. The molecule has 2 aromatic rings. The molecule has 1 heterocycles. The third-order valence-corrected chi connectivity index (χ3v) is 5.09. The van der Waals surface area contributed by atoms with Crippen LogP contribution in [0.1, 0.15) is 57.9 Å². The van der Waals surface area contributed by atoms with E-state index in [2.05, 4.69) is 55.8 Å². The highest BCUT2D eigenvalue weighted by Crippen LogP contribution is 2.52. The molecular weight excluding hydrogens is 266 g/mol. The molecule has 1 aliphatic rings. The maximum absolute atomic E-state index is 4.20. The molecule has 1 aromatic carbocycles. The van der Waals surface area contributed by atoms with Crippen molar-refractivity contribution in [3.05, 3.63) is 59.8 Å². The molecule has 116 valence electrons. The van der Waals surface area contributed by atoms with Crippen LogP contribution < -0.4 is 0 Å². The summed E-state index contributed by atoms with van der Waals surface area (Å²) in [7, 11) is 0. The van der Waals surface area contributed by atoms with Gasteiger partial charge in [-0.1, -0.05) is 43.1 Å². The number of hydrogen-bond acceptors (Lipinski definition) is 0. The SMILES string of the molecule is C=C(C)C[C@]1(c2ccc3[nH]ccc3c2)CC/C1=C\CCCC. The average Bonchev–Trinajstić information content (AvgIpc) is 2.95. The molecule has 0 radical (unpaired) electrons. The standard InChI is InChI=1S/C21H27N/c1-4-5-6-7-18-10-12-21(18,15-16(2)3)19-8-9-20-17(14-19)11-13-22-20/h7-9,11,13-14,22H,2,4-6,10,12,15H2,1,3H3/b18-7+/t21-/m1/s1. The van der Waals surface area contributed by atoms with Crippen LogP contribution in [0.2, 0.25) is 0 Å². The van der Waals surface area contributed by atoms with Crippen molar-refractivity contribution in [2.75, 3.05) is 0 Å². The first-order valence-electron chi connectivity index (χ1n) is 8.57. The van der Waals surface area contributed by atoms with Gasteiger partial charge in [0, 0.05) is 17.1 Å². The number of fused-ring (bicyclic) bond motifs is 1. The molecule has 1 aliphatic carbocycles. The van der Waals surface area contributed by atoms with Gasteiger partial charge in [0.05, 0.1) is 0 Å². The molecule has 1 atom stereocenters. The lowest BCUT2D eigenvalue weighted by molar-refractivity contribution is 0.354. The highest BCUT2D eigenvalue weighted by molar-refractivity contribution is 5.80. The summed E-state index contributed by atoms with van der Waals surface area (Å²) in [5.74, 6) is 0. The minimum atomic E-state index is 0.213. The van der Waals surface area contributed by atoms with Crippen LogP contribution in [0.3, 0.4) is 0 Å². The second-order valence-electron chi connectivity index (χ2n) is 6.87. The molecule has 1 N–H and O–H groups in total. The van der Waals surface area contributed by atoms with Gasteiger partial charge in [-0.25, -0.2) is 0 Å². The second-order valence-corrected chi connectivity index (χ2v) is 6.87. The zero-order valence-electron chi connectivity index (χ0n) is 13.9. The lowest BCUT2D eigenvalue weighted by Gasteiger charge is -2.46. The zero-order valence-corrected chi connectivity index (χ0v) is 13.9. The van der Waals surface area contributed by atoms with E-state index in [-0.39, 0.29) is 5.41 Å². The van der Waals surface area contributed by atoms with Crippen molar-refractivity contribution in [3.63, 3.8) is 0 Å². The third-order valence-electron chi connectivity index (χ3n) is 5.09. The topological polar surface area (TPSA) is 15.8 Å². The molecule has 0 bridgehead atoms. The second kappa shape index (κ2) is 6.16. The van der Waals surface area contributed by atoms with Gasteiger partial charge < -0.3 is 4.98 Å². The Hall–Kier alpha value is -1.76. The van der Waals surface area contributed by atoms with Crippen LogP contribution in [0, 0.1) is 0 Å². The van der Waals surface area contributed by atoms with E-state index in [0.29, 0.717) is 0 Å². The molecule has 3 rings (SSSR count). The van der Waals surface area contributed by atoms with Crippen molar-refractivity contribution in [2.24, 2.45) is 0 Å². The van der Waals surface area contributed by atoms with Crippen molar-refractivity contribution in [3.8, 4) is 0 Å². The van der Waals surface area contributed by atoms with Crippen molar-refractivity contribution in [1.82, 2.24) is 4.98 Å². The van der Waals surface area contributed by atoms with E-state index < -0.39 is 0 Å². The van der Waals surface area contributed by atoms with E-state index in [9.17, 15) is 0 Å². The van der Waals surface area contributed by atoms with Gasteiger partial charge in [0.15, 0.2) is 0 Å². The monoisotopic (exact) mass is 293 g/mol. The van der Waals surface area contributed by atoms with Gasteiger partial charge >= 0.3 is 0 Å². The number of hydrogen-bond donors (Lipinski definition) is 1. The Morgan fingerprint density at radius 2 is 2.23 bits per heavy atom. The molecule has 1 aromatic heterocycles. The molecular formula is C21H27N. The fourth-order valence-corrected chi connectivity index (χ4v) is 3.85. The Labute approximate surface area is 134 Å². The summed E-state index contributed by atoms with van der Waals surface area (Å²) >= 11 is 0. The maximum atomic E-state index is 4.20. The summed E-state index contributed by atoms with van der Waals surface area (Å²) in [5.41, 5.74) is 5.83. The molecule has 22 heavy (non-hydrogen) atoms. The summed E-state index contributed by atoms with van der Waals surface area (Å²) in [5, 5.41) is 1.32. The van der Waals surface area contributed by atoms with Crippen LogP contribution in [0.5, 0.6) is 0 Å². The molecule has 0 spiro atoms. The first kappa shape index (κ1) is 15.1. The Kier molecular flexibility index (Phi) is 4.24. The molecule has 1 heteroatoms. The molecule has 1 nitrogen and oxygen atoms in total. The largest absolute Gasteiger partial charge is 0.361 e. The maximum Gasteiger partial charge on any atom is 0.0454 e. The Balaban J connectivity index is 1.98. The van der Waals surface area contributed by atoms with Crippen molar-refractivity contribution in [1.29, 1.82) is 0 Å². The molecule has 0 amide bonds. The lowest BCUT2D eigenvalue weighted by atomic mass is 9.57. The lowest BCUT2D eigenvalue weighted by Crippen LogP contribution is -2.37. The van der Waals surface area contributed by atoms with Crippen LogP contribution in [0.15, 0.2) is 54.3 Å². The van der Waals surface area contributed by atoms with E-state index >= 15 is 0 Å². The normalized spacial score (nSPS) is 22.9. The van der Waals surface area contributed by atoms with Crippen LogP contribution in [-0.2, 0) is 5.41 Å². The van der Waals surface area contributed by atoms with Gasteiger partial charge in [0.2, 0.25) is 0 Å². The molecule has 0 saturated heterocycles. The fraction of sp³-hybridized carbons (Fsp3) is 0.429. The number of nitrogens with one attached hydrogen (secondary N) is 1. The van der Waals surface area contributed by atoms with Crippen LogP contribution in [-0.4, -0.2) is 4.98 Å². The van der Waals surface area contributed by atoms with Gasteiger partial charge in [0.1, 0.15) is 0 Å². The minimum Gasteiger partial charge on any atom is -0.361 e.